The molecule has 0 aliphatic carbocycles. The maximum Gasteiger partial charge on any atom is 0.297 e. The Kier molecular flexibility index (Phi) is 7.83. The number of aryl methyl sites for hydroxylation is 1. The molecule has 1 unspecified atom stereocenters. The van der Waals surface area contributed by atoms with Crippen LogP contribution in [0.25, 0.3) is 0 Å². The number of carbonyl (C=O) groups excluding carboxylic acids is 1. The first-order valence-electron chi connectivity index (χ1n) is 13.3. The van der Waals surface area contributed by atoms with Crippen LogP contribution in [0.2, 0.25) is 0 Å². The van der Waals surface area contributed by atoms with Gasteiger partial charge in [-0.2, -0.15) is 8.42 Å². The van der Waals surface area contributed by atoms with Crippen LogP contribution in [0.5, 0.6) is 0 Å². The number of piperidine rings is 1. The van der Waals surface area contributed by atoms with E-state index in [1.165, 1.54) is 24.8 Å². The summed E-state index contributed by atoms with van der Waals surface area (Å²) in [5.41, 5.74) is 1.76. The zero-order valence-corrected chi connectivity index (χ0v) is 21.9. The molecule has 2 saturated heterocycles. The summed E-state index contributed by atoms with van der Waals surface area (Å²) >= 11 is 0. The standard InChI is InChI=1S/C28H36N4O4S/c33-28(24-19-23-20-30-26-12-4-11-25(32(23)26)27(24)37(34,35)36)29-15-5-9-22-13-17-31(18-14-22)16-6-10-21-7-2-1-3-8-21/h1-4,7-8,11-12,19,22-23,30H,5-6,9-10,13-18,20H2,(H,29,33)(H,34,35,36). The number of amides is 1. The molecule has 8 nitrogen and oxygen atoms in total. The summed E-state index contributed by atoms with van der Waals surface area (Å²) in [6.07, 6.45) is 13.4. The Hall–Kier alpha value is -2.88. The lowest BCUT2D eigenvalue weighted by molar-refractivity contribution is -0.117. The van der Waals surface area contributed by atoms with Crippen molar-refractivity contribution in [3.63, 3.8) is 0 Å². The quantitative estimate of drug-likeness (QED) is 0.320. The van der Waals surface area contributed by atoms with Crippen molar-refractivity contribution in [1.82, 2.24) is 20.4 Å². The lowest BCUT2D eigenvalue weighted by atomic mass is 9.92. The minimum absolute atomic E-state index is 0.0251. The molecule has 0 bridgehead atoms. The molecule has 1 atom stereocenters. The van der Waals surface area contributed by atoms with Crippen LogP contribution >= 0.6 is 0 Å². The zero-order valence-electron chi connectivity index (χ0n) is 21.1. The van der Waals surface area contributed by atoms with Crippen LogP contribution in [0, 0.1) is 5.92 Å². The van der Waals surface area contributed by atoms with Crippen LogP contribution < -0.4 is 10.6 Å². The minimum atomic E-state index is -4.59. The monoisotopic (exact) mass is 524 g/mol. The molecule has 198 valence electrons. The summed E-state index contributed by atoms with van der Waals surface area (Å²) in [5.74, 6) is 0.966. The average Bonchev–Trinajstić information content (AvgIpc) is 3.31. The molecule has 2 fully saturated rings. The molecule has 0 radical (unpaired) electrons. The number of rotatable bonds is 10. The average molecular weight is 525 g/mol. The molecule has 4 aliphatic heterocycles. The van der Waals surface area contributed by atoms with E-state index in [0.717, 1.165) is 44.7 Å². The van der Waals surface area contributed by atoms with Crippen LogP contribution in [0.15, 0.2) is 76.6 Å². The molecule has 1 amide bonds. The van der Waals surface area contributed by atoms with Crippen LogP contribution in [0.3, 0.4) is 0 Å². The minimum Gasteiger partial charge on any atom is -0.369 e. The molecule has 5 rings (SSSR count). The Morgan fingerprint density at radius 3 is 2.68 bits per heavy atom. The van der Waals surface area contributed by atoms with Crippen LogP contribution in [0.4, 0.5) is 0 Å². The summed E-state index contributed by atoms with van der Waals surface area (Å²) in [7, 11) is -4.59. The summed E-state index contributed by atoms with van der Waals surface area (Å²) in [5, 5.41) is 6.11. The Morgan fingerprint density at radius 1 is 1.14 bits per heavy atom. The molecule has 4 aliphatic rings. The van der Waals surface area contributed by atoms with Crippen molar-refractivity contribution in [2.75, 3.05) is 32.7 Å². The molecule has 1 aromatic rings. The van der Waals surface area contributed by atoms with Gasteiger partial charge in [-0.1, -0.05) is 36.4 Å². The second kappa shape index (κ2) is 11.2. The van der Waals surface area contributed by atoms with Gasteiger partial charge in [0.15, 0.2) is 0 Å². The Bertz CT molecular complexity index is 1230. The molecule has 3 N–H and O–H groups in total. The highest BCUT2D eigenvalue weighted by Gasteiger charge is 2.41. The topological polar surface area (TPSA) is 102 Å². The molecule has 0 aromatic heterocycles. The molecule has 9 heteroatoms. The van der Waals surface area contributed by atoms with Gasteiger partial charge in [-0.15, -0.1) is 0 Å². The van der Waals surface area contributed by atoms with E-state index in [1.807, 2.05) is 11.0 Å². The van der Waals surface area contributed by atoms with Crippen molar-refractivity contribution in [1.29, 1.82) is 0 Å². The third-order valence-corrected chi connectivity index (χ3v) is 8.70. The zero-order chi connectivity index (χ0) is 25.8. The lowest BCUT2D eigenvalue weighted by Crippen LogP contribution is -2.38. The maximum absolute atomic E-state index is 13.0. The van der Waals surface area contributed by atoms with E-state index < -0.39 is 16.0 Å². The van der Waals surface area contributed by atoms with Gasteiger partial charge in [0.25, 0.3) is 16.0 Å². The number of allylic oxidation sites excluding steroid dienone is 3. The second-order valence-corrected chi connectivity index (χ2v) is 11.6. The van der Waals surface area contributed by atoms with Gasteiger partial charge in [-0.05, 0) is 87.9 Å². The van der Waals surface area contributed by atoms with E-state index >= 15 is 0 Å². The molecule has 4 heterocycles. The molecular weight excluding hydrogens is 488 g/mol. The maximum atomic E-state index is 13.0. The summed E-state index contributed by atoms with van der Waals surface area (Å²) in [6.45, 7) is 4.44. The van der Waals surface area contributed by atoms with Crippen LogP contribution in [-0.4, -0.2) is 67.4 Å². The number of nitrogens with zero attached hydrogens (tertiary/aromatic N) is 2. The van der Waals surface area contributed by atoms with Crippen LogP contribution in [-0.2, 0) is 21.3 Å². The smallest absolute Gasteiger partial charge is 0.297 e. The second-order valence-electron chi connectivity index (χ2n) is 10.3. The van der Waals surface area contributed by atoms with Gasteiger partial charge >= 0.3 is 0 Å². The number of likely N-dealkylation sites (tertiary alicyclic amines) is 1. The number of hydrogen-bond donors (Lipinski definition) is 3. The van der Waals surface area contributed by atoms with Crippen molar-refractivity contribution in [3.05, 3.63) is 82.2 Å². The molecule has 1 aromatic carbocycles. The molecular formula is C28H36N4O4S. The highest BCUT2D eigenvalue weighted by Crippen LogP contribution is 2.37. The number of carbonyl (C=O) groups is 1. The fourth-order valence-electron chi connectivity index (χ4n) is 5.84. The SMILES string of the molecule is O=C(NCCCC1CCN(CCCc2ccccc2)CC1)C1=CC2CNC3=CC=CC(=C1S(=O)(=O)O)N32. The van der Waals surface area contributed by atoms with Gasteiger partial charge in [0.05, 0.1) is 17.3 Å². The molecule has 0 saturated carbocycles. The summed E-state index contributed by atoms with van der Waals surface area (Å²) in [6, 6.07) is 10.5. The third kappa shape index (κ3) is 6.00. The fraction of sp³-hybridized carbons (Fsp3) is 0.464. The summed E-state index contributed by atoms with van der Waals surface area (Å²) in [4.78, 5) is 17.1. The van der Waals surface area contributed by atoms with Gasteiger partial charge in [-0.3, -0.25) is 9.35 Å². The predicted molar refractivity (Wildman–Crippen MR) is 144 cm³/mol. The number of hydrogen-bond acceptors (Lipinski definition) is 6. The predicted octanol–water partition coefficient (Wildman–Crippen LogP) is 2.95. The highest BCUT2D eigenvalue weighted by molar-refractivity contribution is 7.90. The van der Waals surface area contributed by atoms with Crippen molar-refractivity contribution < 1.29 is 17.8 Å². The first-order chi connectivity index (χ1) is 17.9. The van der Waals surface area contributed by atoms with E-state index in [0.29, 0.717) is 24.7 Å². The lowest BCUT2D eigenvalue weighted by Gasteiger charge is -2.33. The molecule has 37 heavy (non-hydrogen) atoms. The van der Waals surface area contributed by atoms with E-state index in [1.54, 1.807) is 18.2 Å². The number of nitrogens with one attached hydrogen (secondary N) is 2. The van der Waals surface area contributed by atoms with Crippen LogP contribution in [0.1, 0.15) is 37.7 Å². The van der Waals surface area contributed by atoms with E-state index in [2.05, 4.69) is 45.9 Å². The van der Waals surface area contributed by atoms with E-state index in [4.69, 9.17) is 0 Å². The molecule has 0 spiro atoms. The van der Waals surface area contributed by atoms with Crippen molar-refractivity contribution in [2.24, 2.45) is 5.92 Å². The van der Waals surface area contributed by atoms with Crippen molar-refractivity contribution in [2.45, 2.75) is 44.6 Å². The largest absolute Gasteiger partial charge is 0.369 e. The first kappa shape index (κ1) is 25.8. The number of benzene rings is 1. The Balaban J connectivity index is 1.07. The first-order valence-corrected chi connectivity index (χ1v) is 14.7. The van der Waals surface area contributed by atoms with Gasteiger partial charge < -0.3 is 20.4 Å². The van der Waals surface area contributed by atoms with Crippen molar-refractivity contribution >= 4 is 16.0 Å². The van der Waals surface area contributed by atoms with Gasteiger partial charge in [0.1, 0.15) is 10.7 Å². The van der Waals surface area contributed by atoms with E-state index in [-0.39, 0.29) is 16.5 Å². The fourth-order valence-corrected chi connectivity index (χ4v) is 6.70. The van der Waals surface area contributed by atoms with E-state index in [9.17, 15) is 17.8 Å². The van der Waals surface area contributed by atoms with Gasteiger partial charge in [0, 0.05) is 13.1 Å². The van der Waals surface area contributed by atoms with Gasteiger partial charge in [-0.25, -0.2) is 0 Å². The third-order valence-electron chi connectivity index (χ3n) is 7.75. The van der Waals surface area contributed by atoms with Crippen molar-refractivity contribution in [3.8, 4) is 0 Å². The van der Waals surface area contributed by atoms with Gasteiger partial charge in [0.2, 0.25) is 0 Å². The Labute approximate surface area is 219 Å². The highest BCUT2D eigenvalue weighted by atomic mass is 32.2. The summed E-state index contributed by atoms with van der Waals surface area (Å²) < 4.78 is 34.5. The normalized spacial score (nSPS) is 21.9. The Morgan fingerprint density at radius 2 is 1.92 bits per heavy atom.